The second-order valence-corrected chi connectivity index (χ2v) is 6.23. The lowest BCUT2D eigenvalue weighted by molar-refractivity contribution is 0.0818. The van der Waals surface area contributed by atoms with Crippen LogP contribution in [0.1, 0.15) is 32.3 Å². The predicted molar refractivity (Wildman–Crippen MR) is 85.2 cm³/mol. The van der Waals surface area contributed by atoms with Gasteiger partial charge in [-0.3, -0.25) is 0 Å². The van der Waals surface area contributed by atoms with E-state index in [9.17, 15) is 4.39 Å². The molecule has 0 saturated carbocycles. The number of anilines is 1. The Labute approximate surface area is 127 Å². The highest BCUT2D eigenvalue weighted by molar-refractivity contribution is 5.49. The number of nitrogens with zero attached hydrogens (tertiary/aromatic N) is 1. The zero-order chi connectivity index (χ0) is 15.2. The molecule has 1 aromatic rings. The van der Waals surface area contributed by atoms with Gasteiger partial charge in [-0.15, -0.1) is 0 Å². The molecule has 1 saturated heterocycles. The van der Waals surface area contributed by atoms with E-state index in [1.165, 1.54) is 0 Å². The Morgan fingerprint density at radius 3 is 2.62 bits per heavy atom. The second-order valence-electron chi connectivity index (χ2n) is 6.23. The number of benzene rings is 1. The summed E-state index contributed by atoms with van der Waals surface area (Å²) in [7, 11) is 1.75. The number of hydrogen-bond donors (Lipinski definition) is 1. The van der Waals surface area contributed by atoms with Crippen LogP contribution in [0, 0.1) is 11.7 Å². The van der Waals surface area contributed by atoms with E-state index in [1.807, 2.05) is 12.1 Å². The monoisotopic (exact) mass is 294 g/mol. The van der Waals surface area contributed by atoms with Crippen LogP contribution in [0.15, 0.2) is 18.2 Å². The van der Waals surface area contributed by atoms with Crippen molar-refractivity contribution in [3.63, 3.8) is 0 Å². The fraction of sp³-hybridized carbons (Fsp3) is 0.647. The molecule has 1 heterocycles. The summed E-state index contributed by atoms with van der Waals surface area (Å²) < 4.78 is 19.7. The average Bonchev–Trinajstić information content (AvgIpc) is 2.47. The van der Waals surface area contributed by atoms with Crippen LogP contribution in [-0.2, 0) is 11.3 Å². The molecular formula is C17H27FN2O. The first-order valence-corrected chi connectivity index (χ1v) is 7.87. The largest absolute Gasteiger partial charge is 0.381 e. The Kier molecular flexibility index (Phi) is 6.00. The van der Waals surface area contributed by atoms with Gasteiger partial charge in [0.25, 0.3) is 0 Å². The Morgan fingerprint density at radius 2 is 2.05 bits per heavy atom. The van der Waals surface area contributed by atoms with Crippen LogP contribution in [0.25, 0.3) is 0 Å². The van der Waals surface area contributed by atoms with Crippen LogP contribution in [0.4, 0.5) is 10.1 Å². The molecule has 1 N–H and O–H groups in total. The summed E-state index contributed by atoms with van der Waals surface area (Å²) in [6.07, 6.45) is 2.25. The van der Waals surface area contributed by atoms with Gasteiger partial charge < -0.3 is 15.0 Å². The molecule has 1 aliphatic heterocycles. The number of nitrogens with one attached hydrogen (secondary N) is 1. The molecule has 0 bridgehead atoms. The highest BCUT2D eigenvalue weighted by atomic mass is 19.1. The highest BCUT2D eigenvalue weighted by Gasteiger charge is 2.20. The minimum atomic E-state index is -0.116. The standard InChI is InChI=1S/C17H27FN2O/c1-13(2)11-19-12-14-4-5-17(16(18)10-14)20-8-6-15(21-3)7-9-20/h4-5,10,13,15,19H,6-9,11-12H2,1-3H3. The highest BCUT2D eigenvalue weighted by Crippen LogP contribution is 2.25. The molecule has 0 atom stereocenters. The van der Waals surface area contributed by atoms with E-state index >= 15 is 0 Å². The van der Waals surface area contributed by atoms with Crippen molar-refractivity contribution in [3.8, 4) is 0 Å². The fourth-order valence-corrected chi connectivity index (χ4v) is 2.75. The van der Waals surface area contributed by atoms with Crippen molar-refractivity contribution in [2.24, 2.45) is 5.92 Å². The summed E-state index contributed by atoms with van der Waals surface area (Å²) in [5.41, 5.74) is 1.72. The lowest BCUT2D eigenvalue weighted by atomic mass is 10.1. The molecule has 0 aromatic heterocycles. The normalized spacial score (nSPS) is 16.7. The number of piperidine rings is 1. The predicted octanol–water partition coefficient (Wildman–Crippen LogP) is 3.19. The molecule has 1 fully saturated rings. The number of ether oxygens (including phenoxy) is 1. The van der Waals surface area contributed by atoms with Gasteiger partial charge >= 0.3 is 0 Å². The maximum atomic E-state index is 14.3. The van der Waals surface area contributed by atoms with Gasteiger partial charge in [0.2, 0.25) is 0 Å². The van der Waals surface area contributed by atoms with E-state index in [4.69, 9.17) is 4.74 Å². The van der Waals surface area contributed by atoms with Crippen LogP contribution in [0.3, 0.4) is 0 Å². The van der Waals surface area contributed by atoms with Gasteiger partial charge in [-0.1, -0.05) is 19.9 Å². The first kappa shape index (κ1) is 16.2. The summed E-state index contributed by atoms with van der Waals surface area (Å²) in [4.78, 5) is 2.12. The molecule has 0 unspecified atom stereocenters. The van der Waals surface area contributed by atoms with E-state index in [2.05, 4.69) is 24.1 Å². The minimum absolute atomic E-state index is 0.116. The van der Waals surface area contributed by atoms with Gasteiger partial charge in [-0.2, -0.15) is 0 Å². The van der Waals surface area contributed by atoms with E-state index in [1.54, 1.807) is 13.2 Å². The maximum absolute atomic E-state index is 14.3. The van der Waals surface area contributed by atoms with Gasteiger partial charge in [0, 0.05) is 26.7 Å². The number of halogens is 1. The molecule has 2 rings (SSSR count). The number of rotatable bonds is 6. The molecule has 4 heteroatoms. The van der Waals surface area contributed by atoms with E-state index < -0.39 is 0 Å². The SMILES string of the molecule is COC1CCN(c2ccc(CNCC(C)C)cc2F)CC1. The molecule has 21 heavy (non-hydrogen) atoms. The Morgan fingerprint density at radius 1 is 1.33 bits per heavy atom. The van der Waals surface area contributed by atoms with Crippen LogP contribution in [-0.4, -0.2) is 32.8 Å². The van der Waals surface area contributed by atoms with Crippen molar-refractivity contribution in [3.05, 3.63) is 29.6 Å². The van der Waals surface area contributed by atoms with Crippen molar-refractivity contribution >= 4 is 5.69 Å². The number of methoxy groups -OCH3 is 1. The van der Waals surface area contributed by atoms with Gasteiger partial charge in [-0.25, -0.2) is 4.39 Å². The maximum Gasteiger partial charge on any atom is 0.146 e. The topological polar surface area (TPSA) is 24.5 Å². The van der Waals surface area contributed by atoms with Crippen molar-refractivity contribution in [1.29, 1.82) is 0 Å². The van der Waals surface area contributed by atoms with E-state index in [-0.39, 0.29) is 5.82 Å². The summed E-state index contributed by atoms with van der Waals surface area (Å²) in [6, 6.07) is 5.59. The summed E-state index contributed by atoms with van der Waals surface area (Å²) in [5, 5.41) is 3.34. The van der Waals surface area contributed by atoms with Crippen molar-refractivity contribution in [2.75, 3.05) is 31.6 Å². The smallest absolute Gasteiger partial charge is 0.146 e. The molecule has 3 nitrogen and oxygen atoms in total. The third kappa shape index (κ3) is 4.68. The van der Waals surface area contributed by atoms with Crippen LogP contribution in [0.5, 0.6) is 0 Å². The van der Waals surface area contributed by atoms with Crippen LogP contribution < -0.4 is 10.2 Å². The Balaban J connectivity index is 1.93. The second kappa shape index (κ2) is 7.76. The number of hydrogen-bond acceptors (Lipinski definition) is 3. The van der Waals surface area contributed by atoms with E-state index in [0.29, 0.717) is 12.0 Å². The molecule has 0 aliphatic carbocycles. The van der Waals surface area contributed by atoms with Crippen molar-refractivity contribution < 1.29 is 9.13 Å². The average molecular weight is 294 g/mol. The summed E-state index contributed by atoms with van der Waals surface area (Å²) in [6.45, 7) is 7.73. The first-order valence-electron chi connectivity index (χ1n) is 7.87. The zero-order valence-electron chi connectivity index (χ0n) is 13.4. The van der Waals surface area contributed by atoms with Crippen LogP contribution in [0.2, 0.25) is 0 Å². The van der Waals surface area contributed by atoms with E-state index in [0.717, 1.165) is 50.3 Å². The van der Waals surface area contributed by atoms with Gasteiger partial charge in [-0.05, 0) is 43.0 Å². The van der Waals surface area contributed by atoms with Crippen LogP contribution >= 0.6 is 0 Å². The van der Waals surface area contributed by atoms with Gasteiger partial charge in [0.1, 0.15) is 5.82 Å². The molecule has 0 radical (unpaired) electrons. The Hall–Kier alpha value is -1.13. The quantitative estimate of drug-likeness (QED) is 0.872. The summed E-state index contributed by atoms with van der Waals surface area (Å²) >= 11 is 0. The molecule has 1 aromatic carbocycles. The third-order valence-corrected chi connectivity index (χ3v) is 4.01. The lowest BCUT2D eigenvalue weighted by Gasteiger charge is -2.33. The minimum Gasteiger partial charge on any atom is -0.381 e. The van der Waals surface area contributed by atoms with Crippen molar-refractivity contribution in [2.45, 2.75) is 39.3 Å². The summed E-state index contributed by atoms with van der Waals surface area (Å²) in [5.74, 6) is 0.492. The Bertz CT molecular complexity index is 442. The van der Waals surface area contributed by atoms with Gasteiger partial charge in [0.15, 0.2) is 0 Å². The van der Waals surface area contributed by atoms with Gasteiger partial charge in [0.05, 0.1) is 11.8 Å². The van der Waals surface area contributed by atoms with Crippen molar-refractivity contribution in [1.82, 2.24) is 5.32 Å². The molecule has 0 amide bonds. The molecule has 118 valence electrons. The molecule has 0 spiro atoms. The molecule has 1 aliphatic rings. The zero-order valence-corrected chi connectivity index (χ0v) is 13.4. The third-order valence-electron chi connectivity index (χ3n) is 4.01. The lowest BCUT2D eigenvalue weighted by Crippen LogP contribution is -2.37. The first-order chi connectivity index (χ1) is 10.1. The fourth-order valence-electron chi connectivity index (χ4n) is 2.75. The molecular weight excluding hydrogens is 267 g/mol.